The van der Waals surface area contributed by atoms with E-state index in [9.17, 15) is 9.59 Å². The largest absolute Gasteiger partial charge is 0.497 e. The molecule has 0 bridgehead atoms. The Balaban J connectivity index is 1.98. The summed E-state index contributed by atoms with van der Waals surface area (Å²) in [6.07, 6.45) is -0.296. The Labute approximate surface area is 134 Å². The van der Waals surface area contributed by atoms with Gasteiger partial charge in [-0.1, -0.05) is 18.2 Å². The summed E-state index contributed by atoms with van der Waals surface area (Å²) in [7, 11) is 3.03. The average Bonchev–Trinajstić information content (AvgIpc) is 2.55. The highest BCUT2D eigenvalue weighted by atomic mass is 16.5. The molecule has 120 valence electrons. The van der Waals surface area contributed by atoms with Gasteiger partial charge in [0.15, 0.2) is 0 Å². The number of nitrogens with one attached hydrogen (secondary N) is 2. The minimum absolute atomic E-state index is 0.296. The molecule has 23 heavy (non-hydrogen) atoms. The molecule has 0 radical (unpaired) electrons. The molecule has 0 saturated heterocycles. The van der Waals surface area contributed by atoms with Crippen molar-refractivity contribution in [3.05, 3.63) is 48.5 Å². The van der Waals surface area contributed by atoms with Crippen LogP contribution in [0.25, 0.3) is 0 Å². The van der Waals surface area contributed by atoms with Crippen LogP contribution >= 0.6 is 0 Å². The molecule has 2 amide bonds. The fourth-order valence-electron chi connectivity index (χ4n) is 1.98. The second-order valence-corrected chi connectivity index (χ2v) is 4.71. The van der Waals surface area contributed by atoms with Crippen molar-refractivity contribution in [2.24, 2.45) is 0 Å². The number of amides is 2. The Kier molecular flexibility index (Phi) is 5.57. The van der Waals surface area contributed by atoms with Gasteiger partial charge < -0.3 is 20.1 Å². The van der Waals surface area contributed by atoms with Crippen molar-refractivity contribution in [2.45, 2.75) is 6.42 Å². The molecule has 6 heteroatoms. The van der Waals surface area contributed by atoms with Crippen molar-refractivity contribution < 1.29 is 19.1 Å². The van der Waals surface area contributed by atoms with Gasteiger partial charge in [-0.25, -0.2) is 0 Å². The number of rotatable bonds is 6. The van der Waals surface area contributed by atoms with E-state index in [4.69, 9.17) is 9.47 Å². The topological polar surface area (TPSA) is 76.7 Å². The summed E-state index contributed by atoms with van der Waals surface area (Å²) >= 11 is 0. The van der Waals surface area contributed by atoms with Gasteiger partial charge in [0.1, 0.15) is 17.9 Å². The zero-order chi connectivity index (χ0) is 16.7. The minimum atomic E-state index is -0.440. The van der Waals surface area contributed by atoms with Gasteiger partial charge in [0.25, 0.3) is 0 Å². The number of carbonyl (C=O) groups is 2. The van der Waals surface area contributed by atoms with Crippen LogP contribution in [0, 0.1) is 0 Å². The Hall–Kier alpha value is -3.02. The lowest BCUT2D eigenvalue weighted by Gasteiger charge is -2.11. The first-order chi connectivity index (χ1) is 11.1. The third-order valence-electron chi connectivity index (χ3n) is 3.06. The van der Waals surface area contributed by atoms with E-state index in [1.165, 1.54) is 14.2 Å². The molecule has 0 spiro atoms. The second kappa shape index (κ2) is 7.84. The van der Waals surface area contributed by atoms with Crippen molar-refractivity contribution in [1.82, 2.24) is 0 Å². The molecule has 0 unspecified atom stereocenters. The molecule has 0 atom stereocenters. The number of anilines is 2. The van der Waals surface area contributed by atoms with Crippen LogP contribution in [-0.2, 0) is 9.59 Å². The average molecular weight is 314 g/mol. The summed E-state index contributed by atoms with van der Waals surface area (Å²) in [5.74, 6) is 0.234. The van der Waals surface area contributed by atoms with Gasteiger partial charge in [-0.05, 0) is 24.3 Å². The molecule has 6 nitrogen and oxygen atoms in total. The fraction of sp³-hybridized carbons (Fsp3) is 0.176. The third-order valence-corrected chi connectivity index (χ3v) is 3.06. The van der Waals surface area contributed by atoms with E-state index in [1.807, 2.05) is 6.07 Å². The number of methoxy groups -OCH3 is 2. The van der Waals surface area contributed by atoms with Gasteiger partial charge in [-0.15, -0.1) is 0 Å². The number of carbonyl (C=O) groups excluding carboxylic acids is 2. The molecule has 0 aliphatic heterocycles. The summed E-state index contributed by atoms with van der Waals surface area (Å²) < 4.78 is 10.3. The lowest BCUT2D eigenvalue weighted by molar-refractivity contribution is -0.123. The van der Waals surface area contributed by atoms with Crippen molar-refractivity contribution in [3.63, 3.8) is 0 Å². The molecule has 0 aliphatic rings. The Morgan fingerprint density at radius 2 is 1.61 bits per heavy atom. The van der Waals surface area contributed by atoms with Crippen LogP contribution in [-0.4, -0.2) is 26.0 Å². The summed E-state index contributed by atoms with van der Waals surface area (Å²) in [6, 6.07) is 14.0. The molecule has 0 fully saturated rings. The highest BCUT2D eigenvalue weighted by molar-refractivity contribution is 6.08. The maximum Gasteiger partial charge on any atom is 0.233 e. The van der Waals surface area contributed by atoms with Crippen LogP contribution in [0.2, 0.25) is 0 Å². The molecule has 2 aromatic carbocycles. The second-order valence-electron chi connectivity index (χ2n) is 4.71. The normalized spacial score (nSPS) is 9.83. The quantitative estimate of drug-likeness (QED) is 0.804. The van der Waals surface area contributed by atoms with E-state index >= 15 is 0 Å². The van der Waals surface area contributed by atoms with E-state index in [0.29, 0.717) is 22.9 Å². The summed E-state index contributed by atoms with van der Waals surface area (Å²) in [4.78, 5) is 23.9. The lowest BCUT2D eigenvalue weighted by Crippen LogP contribution is -2.21. The fourth-order valence-corrected chi connectivity index (χ4v) is 1.98. The summed E-state index contributed by atoms with van der Waals surface area (Å²) in [5, 5.41) is 5.30. The van der Waals surface area contributed by atoms with Gasteiger partial charge in [0.05, 0.1) is 19.9 Å². The molecule has 0 aromatic heterocycles. The molecule has 2 aromatic rings. The van der Waals surface area contributed by atoms with Gasteiger partial charge in [0.2, 0.25) is 11.8 Å². The highest BCUT2D eigenvalue weighted by Gasteiger charge is 2.13. The van der Waals surface area contributed by atoms with Crippen LogP contribution in [0.1, 0.15) is 6.42 Å². The summed E-state index contributed by atoms with van der Waals surface area (Å²) in [5.41, 5.74) is 1.09. The van der Waals surface area contributed by atoms with Crippen molar-refractivity contribution in [3.8, 4) is 11.5 Å². The van der Waals surface area contributed by atoms with Crippen molar-refractivity contribution in [1.29, 1.82) is 0 Å². The molecular weight excluding hydrogens is 296 g/mol. The Morgan fingerprint density at radius 3 is 2.26 bits per heavy atom. The number of ether oxygens (including phenoxy) is 2. The number of hydrogen-bond acceptors (Lipinski definition) is 4. The minimum Gasteiger partial charge on any atom is -0.497 e. The Bertz CT molecular complexity index is 686. The van der Waals surface area contributed by atoms with Crippen molar-refractivity contribution >= 4 is 23.2 Å². The standard InChI is InChI=1S/C17H18N2O4/c1-22-13-8-9-15(23-2)14(10-13)19-17(21)11-16(20)18-12-6-4-3-5-7-12/h3-10H,11H2,1-2H3,(H,18,20)(H,19,21). The van der Waals surface area contributed by atoms with Crippen LogP contribution in [0.3, 0.4) is 0 Å². The zero-order valence-electron chi connectivity index (χ0n) is 13.0. The first kappa shape index (κ1) is 16.4. The van der Waals surface area contributed by atoms with E-state index in [0.717, 1.165) is 0 Å². The van der Waals surface area contributed by atoms with Gasteiger partial charge in [-0.2, -0.15) is 0 Å². The SMILES string of the molecule is COc1ccc(OC)c(NC(=O)CC(=O)Nc2ccccc2)c1. The first-order valence-corrected chi connectivity index (χ1v) is 6.99. The van der Waals surface area contributed by atoms with E-state index in [1.54, 1.807) is 42.5 Å². The van der Waals surface area contributed by atoms with E-state index in [2.05, 4.69) is 10.6 Å². The molecule has 0 saturated carbocycles. The smallest absolute Gasteiger partial charge is 0.233 e. The first-order valence-electron chi connectivity index (χ1n) is 6.99. The predicted octanol–water partition coefficient (Wildman–Crippen LogP) is 2.67. The van der Waals surface area contributed by atoms with Gasteiger partial charge >= 0.3 is 0 Å². The van der Waals surface area contributed by atoms with Crippen LogP contribution in [0.15, 0.2) is 48.5 Å². The lowest BCUT2D eigenvalue weighted by atomic mass is 10.2. The Morgan fingerprint density at radius 1 is 0.913 bits per heavy atom. The third kappa shape index (κ3) is 4.74. The van der Waals surface area contributed by atoms with Crippen LogP contribution in [0.4, 0.5) is 11.4 Å². The molecule has 0 heterocycles. The van der Waals surface area contributed by atoms with Crippen molar-refractivity contribution in [2.75, 3.05) is 24.9 Å². The van der Waals surface area contributed by atoms with Crippen LogP contribution in [0.5, 0.6) is 11.5 Å². The molecule has 2 N–H and O–H groups in total. The highest BCUT2D eigenvalue weighted by Crippen LogP contribution is 2.28. The zero-order valence-corrected chi connectivity index (χ0v) is 13.0. The number of benzene rings is 2. The summed E-state index contributed by atoms with van der Waals surface area (Å²) in [6.45, 7) is 0. The molecule has 0 aliphatic carbocycles. The van der Waals surface area contributed by atoms with Crippen LogP contribution < -0.4 is 20.1 Å². The maximum atomic E-state index is 12.0. The van der Waals surface area contributed by atoms with E-state index < -0.39 is 11.8 Å². The van der Waals surface area contributed by atoms with E-state index in [-0.39, 0.29) is 6.42 Å². The monoisotopic (exact) mass is 314 g/mol. The number of para-hydroxylation sites is 1. The molecule has 2 rings (SSSR count). The maximum absolute atomic E-state index is 12.0. The van der Waals surface area contributed by atoms with Gasteiger partial charge in [0, 0.05) is 11.8 Å². The van der Waals surface area contributed by atoms with Gasteiger partial charge in [-0.3, -0.25) is 9.59 Å². The molecular formula is C17H18N2O4. The number of hydrogen-bond donors (Lipinski definition) is 2. The predicted molar refractivity (Wildman–Crippen MR) is 87.9 cm³/mol.